The van der Waals surface area contributed by atoms with Gasteiger partial charge in [0, 0.05) is 5.56 Å². The van der Waals surface area contributed by atoms with Gasteiger partial charge in [0.15, 0.2) is 6.29 Å². The van der Waals surface area contributed by atoms with Crippen LogP contribution in [0.25, 0.3) is 11.1 Å². The number of hydrogen-bond acceptors (Lipinski definition) is 4. The molecule has 0 atom stereocenters. The van der Waals surface area contributed by atoms with Gasteiger partial charge in [-0.3, -0.25) is 0 Å². The zero-order valence-corrected chi connectivity index (χ0v) is 11.3. The SMILES string of the molecule is COC(=O)c1ccc(C(O)O)cc1-c1ccccc1C. The van der Waals surface area contributed by atoms with Gasteiger partial charge in [-0.25, -0.2) is 4.79 Å². The highest BCUT2D eigenvalue weighted by atomic mass is 16.5. The van der Waals surface area contributed by atoms with Crippen LogP contribution >= 0.6 is 0 Å². The van der Waals surface area contributed by atoms with Crippen LogP contribution in [0.4, 0.5) is 0 Å². The molecular weight excluding hydrogens is 256 g/mol. The number of ether oxygens (including phenoxy) is 1. The third-order valence-corrected chi connectivity index (χ3v) is 3.18. The molecule has 0 aliphatic rings. The predicted octanol–water partition coefficient (Wildman–Crippen LogP) is 2.43. The van der Waals surface area contributed by atoms with Crippen LogP contribution in [-0.4, -0.2) is 23.3 Å². The van der Waals surface area contributed by atoms with Crippen molar-refractivity contribution in [2.45, 2.75) is 13.2 Å². The standard InChI is InChI=1S/C16H16O4/c1-10-5-3-4-6-12(10)14-9-11(15(17)18)7-8-13(14)16(19)20-2/h3-9,15,17-18H,1-2H3. The number of aliphatic hydroxyl groups excluding tert-OH is 1. The number of aryl methyl sites for hydroxylation is 1. The largest absolute Gasteiger partial charge is 0.465 e. The average molecular weight is 272 g/mol. The van der Waals surface area contributed by atoms with Crippen LogP contribution in [0.2, 0.25) is 0 Å². The van der Waals surface area contributed by atoms with Crippen molar-refractivity contribution < 1.29 is 19.7 Å². The number of esters is 1. The predicted molar refractivity (Wildman–Crippen MR) is 75.1 cm³/mol. The Bertz CT molecular complexity index is 632. The van der Waals surface area contributed by atoms with Gasteiger partial charge in [0.05, 0.1) is 12.7 Å². The monoisotopic (exact) mass is 272 g/mol. The lowest BCUT2D eigenvalue weighted by molar-refractivity contribution is -0.0424. The van der Waals surface area contributed by atoms with Crippen molar-refractivity contribution >= 4 is 5.97 Å². The van der Waals surface area contributed by atoms with Crippen LogP contribution in [0.5, 0.6) is 0 Å². The van der Waals surface area contributed by atoms with Crippen molar-refractivity contribution in [2.24, 2.45) is 0 Å². The number of rotatable bonds is 3. The summed E-state index contributed by atoms with van der Waals surface area (Å²) in [5.74, 6) is -0.456. The van der Waals surface area contributed by atoms with Crippen LogP contribution in [0.1, 0.15) is 27.8 Å². The normalized spacial score (nSPS) is 10.7. The number of benzene rings is 2. The number of carbonyl (C=O) groups excluding carboxylic acids is 1. The van der Waals surface area contributed by atoms with Crippen molar-refractivity contribution in [1.82, 2.24) is 0 Å². The van der Waals surface area contributed by atoms with E-state index in [-0.39, 0.29) is 0 Å². The molecule has 0 saturated heterocycles. The van der Waals surface area contributed by atoms with Gasteiger partial charge in [0.1, 0.15) is 0 Å². The maximum absolute atomic E-state index is 11.9. The number of aliphatic hydroxyl groups is 2. The van der Waals surface area contributed by atoms with E-state index in [9.17, 15) is 15.0 Å². The highest BCUT2D eigenvalue weighted by Crippen LogP contribution is 2.29. The van der Waals surface area contributed by atoms with Crippen LogP contribution in [-0.2, 0) is 4.74 Å². The zero-order chi connectivity index (χ0) is 14.7. The van der Waals surface area contributed by atoms with E-state index in [1.165, 1.54) is 13.2 Å². The molecule has 2 rings (SSSR count). The second-order valence-corrected chi connectivity index (χ2v) is 4.49. The van der Waals surface area contributed by atoms with Gasteiger partial charge in [0.25, 0.3) is 0 Å². The average Bonchev–Trinajstić information content (AvgIpc) is 2.46. The molecule has 0 saturated carbocycles. The lowest BCUT2D eigenvalue weighted by Gasteiger charge is -2.13. The number of carbonyl (C=O) groups is 1. The van der Waals surface area contributed by atoms with E-state index in [0.29, 0.717) is 16.7 Å². The molecule has 0 spiro atoms. The molecule has 0 heterocycles. The topological polar surface area (TPSA) is 66.8 Å². The third kappa shape index (κ3) is 2.71. The summed E-state index contributed by atoms with van der Waals surface area (Å²) in [5, 5.41) is 18.6. The first-order valence-corrected chi connectivity index (χ1v) is 6.19. The molecule has 104 valence electrons. The van der Waals surface area contributed by atoms with Crippen LogP contribution in [0, 0.1) is 6.92 Å². The Balaban J connectivity index is 2.67. The van der Waals surface area contributed by atoms with Gasteiger partial charge in [-0.15, -0.1) is 0 Å². The molecule has 0 fully saturated rings. The molecule has 0 aliphatic heterocycles. The smallest absolute Gasteiger partial charge is 0.338 e. The molecule has 0 amide bonds. The highest BCUT2D eigenvalue weighted by Gasteiger charge is 2.16. The summed E-state index contributed by atoms with van der Waals surface area (Å²) in [7, 11) is 1.32. The molecule has 4 heteroatoms. The fourth-order valence-electron chi connectivity index (χ4n) is 2.11. The molecule has 0 unspecified atom stereocenters. The summed E-state index contributed by atoms with van der Waals surface area (Å²) in [4.78, 5) is 11.9. The van der Waals surface area contributed by atoms with E-state index in [0.717, 1.165) is 11.1 Å². The first-order valence-electron chi connectivity index (χ1n) is 6.19. The Morgan fingerprint density at radius 2 is 1.80 bits per heavy atom. The quantitative estimate of drug-likeness (QED) is 0.665. The lowest BCUT2D eigenvalue weighted by atomic mass is 9.94. The van der Waals surface area contributed by atoms with E-state index in [2.05, 4.69) is 0 Å². The third-order valence-electron chi connectivity index (χ3n) is 3.18. The summed E-state index contributed by atoms with van der Waals surface area (Å²) in [6, 6.07) is 12.2. The van der Waals surface area contributed by atoms with E-state index in [1.807, 2.05) is 31.2 Å². The van der Waals surface area contributed by atoms with Crippen LogP contribution in [0.15, 0.2) is 42.5 Å². The summed E-state index contributed by atoms with van der Waals surface area (Å²) < 4.78 is 4.77. The van der Waals surface area contributed by atoms with Gasteiger partial charge in [0.2, 0.25) is 0 Å². The molecule has 0 bridgehead atoms. The molecule has 20 heavy (non-hydrogen) atoms. The van der Waals surface area contributed by atoms with Crippen LogP contribution < -0.4 is 0 Å². The minimum absolute atomic E-state index is 0.330. The fraction of sp³-hybridized carbons (Fsp3) is 0.188. The Hall–Kier alpha value is -2.17. The Kier molecular flexibility index (Phi) is 4.17. The van der Waals surface area contributed by atoms with Crippen LogP contribution in [0.3, 0.4) is 0 Å². The second kappa shape index (κ2) is 5.86. The molecule has 2 aromatic rings. The molecular formula is C16H16O4. The van der Waals surface area contributed by atoms with Gasteiger partial charge in [-0.1, -0.05) is 30.3 Å². The van der Waals surface area contributed by atoms with Crippen molar-refractivity contribution in [1.29, 1.82) is 0 Å². The minimum atomic E-state index is -1.58. The zero-order valence-electron chi connectivity index (χ0n) is 11.3. The minimum Gasteiger partial charge on any atom is -0.465 e. The summed E-state index contributed by atoms with van der Waals surface area (Å²) in [5.41, 5.74) is 3.19. The van der Waals surface area contributed by atoms with Crippen molar-refractivity contribution in [3.8, 4) is 11.1 Å². The number of methoxy groups -OCH3 is 1. The Morgan fingerprint density at radius 1 is 1.10 bits per heavy atom. The fourth-order valence-corrected chi connectivity index (χ4v) is 2.11. The van der Waals surface area contributed by atoms with Crippen molar-refractivity contribution in [2.75, 3.05) is 7.11 Å². The highest BCUT2D eigenvalue weighted by molar-refractivity contribution is 5.97. The molecule has 0 aromatic heterocycles. The first-order chi connectivity index (χ1) is 9.54. The van der Waals surface area contributed by atoms with E-state index >= 15 is 0 Å². The van der Waals surface area contributed by atoms with Gasteiger partial charge in [-0.2, -0.15) is 0 Å². The Morgan fingerprint density at radius 3 is 2.40 bits per heavy atom. The maximum Gasteiger partial charge on any atom is 0.338 e. The van der Waals surface area contributed by atoms with E-state index < -0.39 is 12.3 Å². The number of hydrogen-bond donors (Lipinski definition) is 2. The summed E-state index contributed by atoms with van der Waals surface area (Å²) in [6.45, 7) is 1.93. The van der Waals surface area contributed by atoms with Gasteiger partial charge in [-0.05, 0) is 35.7 Å². The first kappa shape index (κ1) is 14.2. The molecule has 0 aliphatic carbocycles. The summed E-state index contributed by atoms with van der Waals surface area (Å²) >= 11 is 0. The van der Waals surface area contributed by atoms with E-state index in [4.69, 9.17) is 4.74 Å². The Labute approximate surface area is 117 Å². The summed E-state index contributed by atoms with van der Waals surface area (Å²) in [6.07, 6.45) is -1.58. The second-order valence-electron chi connectivity index (χ2n) is 4.49. The molecule has 2 aromatic carbocycles. The lowest BCUT2D eigenvalue weighted by Crippen LogP contribution is -2.06. The van der Waals surface area contributed by atoms with E-state index in [1.54, 1.807) is 12.1 Å². The molecule has 0 radical (unpaired) electrons. The van der Waals surface area contributed by atoms with Gasteiger partial charge < -0.3 is 14.9 Å². The van der Waals surface area contributed by atoms with Crippen molar-refractivity contribution in [3.05, 3.63) is 59.2 Å². The van der Waals surface area contributed by atoms with Gasteiger partial charge >= 0.3 is 5.97 Å². The van der Waals surface area contributed by atoms with Crippen molar-refractivity contribution in [3.63, 3.8) is 0 Å². The maximum atomic E-state index is 11.9. The molecule has 2 N–H and O–H groups in total. The molecule has 4 nitrogen and oxygen atoms in total.